The minimum absolute atomic E-state index is 0.527. The van der Waals surface area contributed by atoms with E-state index in [0.717, 1.165) is 0 Å². The number of rotatable bonds is 5. The molecule has 20 heavy (non-hydrogen) atoms. The summed E-state index contributed by atoms with van der Waals surface area (Å²) in [5.74, 6) is 1.05. The molecule has 106 valence electrons. The molecular weight excluding hydrogens is 271 g/mol. The van der Waals surface area contributed by atoms with Gasteiger partial charge in [0.05, 0.1) is 0 Å². The summed E-state index contributed by atoms with van der Waals surface area (Å²) in [6.45, 7) is 4.36. The lowest BCUT2D eigenvalue weighted by molar-refractivity contribution is 0.415. The van der Waals surface area contributed by atoms with Crippen LogP contribution < -0.4 is 9.05 Å². The Morgan fingerprint density at radius 3 is 1.40 bits per heavy atom. The van der Waals surface area contributed by atoms with Crippen molar-refractivity contribution >= 4 is 8.25 Å². The van der Waals surface area contributed by atoms with E-state index in [-0.39, 0.29) is 0 Å². The maximum absolute atomic E-state index is 11.5. The van der Waals surface area contributed by atoms with Crippen molar-refractivity contribution in [3.05, 3.63) is 60.7 Å². The van der Waals surface area contributed by atoms with Gasteiger partial charge in [-0.05, 0) is 24.3 Å². The van der Waals surface area contributed by atoms with Crippen molar-refractivity contribution in [3.8, 4) is 11.5 Å². The van der Waals surface area contributed by atoms with Crippen molar-refractivity contribution in [3.63, 3.8) is 0 Å². The van der Waals surface area contributed by atoms with Crippen molar-refractivity contribution in [2.45, 2.75) is 26.7 Å². The van der Waals surface area contributed by atoms with Gasteiger partial charge in [0, 0.05) is 4.57 Å². The van der Waals surface area contributed by atoms with Crippen molar-refractivity contribution in [2.75, 3.05) is 0 Å². The van der Waals surface area contributed by atoms with Crippen LogP contribution in [-0.2, 0) is 4.57 Å². The van der Waals surface area contributed by atoms with Crippen LogP contribution in [0.25, 0.3) is 0 Å². The van der Waals surface area contributed by atoms with Crippen LogP contribution in [0.1, 0.15) is 26.7 Å². The van der Waals surface area contributed by atoms with Crippen LogP contribution in [0.4, 0.5) is 0 Å². The highest BCUT2D eigenvalue weighted by molar-refractivity contribution is 7.34. The average molecular weight is 291 g/mol. The molecular formula is C16H20O3P+. The van der Waals surface area contributed by atoms with E-state index in [1.807, 2.05) is 12.1 Å². The van der Waals surface area contributed by atoms with Gasteiger partial charge in [-0.2, -0.15) is 0 Å². The number of benzene rings is 2. The molecule has 0 aliphatic heterocycles. The maximum Gasteiger partial charge on any atom is 0.805 e. The Hall–Kier alpha value is -1.86. The van der Waals surface area contributed by atoms with E-state index < -0.39 is 8.25 Å². The average Bonchev–Trinajstić information content (AvgIpc) is 2.49. The SMILES string of the molecule is CCCC.O=[P+](Oc1ccccc1)Oc1ccccc1. The van der Waals surface area contributed by atoms with Gasteiger partial charge in [-0.1, -0.05) is 63.1 Å². The Bertz CT molecular complexity index is 440. The predicted molar refractivity (Wildman–Crippen MR) is 82.3 cm³/mol. The molecule has 0 saturated heterocycles. The largest absolute Gasteiger partial charge is 0.805 e. The minimum Gasteiger partial charge on any atom is -0.222 e. The smallest absolute Gasteiger partial charge is 0.222 e. The second-order valence-electron chi connectivity index (χ2n) is 4.03. The van der Waals surface area contributed by atoms with Crippen LogP contribution in [0, 0.1) is 0 Å². The van der Waals surface area contributed by atoms with Gasteiger partial charge in [0.15, 0.2) is 11.5 Å². The Morgan fingerprint density at radius 2 is 1.10 bits per heavy atom. The van der Waals surface area contributed by atoms with E-state index in [9.17, 15) is 4.57 Å². The summed E-state index contributed by atoms with van der Waals surface area (Å²) in [6, 6.07) is 17.8. The predicted octanol–water partition coefficient (Wildman–Crippen LogP) is 5.61. The lowest BCUT2D eigenvalue weighted by Gasteiger charge is -1.92. The molecule has 0 fully saturated rings. The fourth-order valence-corrected chi connectivity index (χ4v) is 1.78. The van der Waals surface area contributed by atoms with Crippen LogP contribution in [0.15, 0.2) is 60.7 Å². The summed E-state index contributed by atoms with van der Waals surface area (Å²) in [4.78, 5) is 0. The third-order valence-electron chi connectivity index (χ3n) is 2.35. The zero-order valence-electron chi connectivity index (χ0n) is 11.9. The van der Waals surface area contributed by atoms with Gasteiger partial charge in [-0.25, -0.2) is 9.05 Å². The maximum atomic E-state index is 11.5. The van der Waals surface area contributed by atoms with Crippen LogP contribution in [0.5, 0.6) is 11.5 Å². The number of unbranched alkanes of at least 4 members (excludes halogenated alkanes) is 1. The molecule has 0 unspecified atom stereocenters. The Kier molecular flexibility index (Phi) is 8.09. The zero-order valence-corrected chi connectivity index (χ0v) is 12.8. The molecule has 0 saturated carbocycles. The molecule has 0 N–H and O–H groups in total. The highest BCUT2D eigenvalue weighted by Crippen LogP contribution is 2.29. The normalized spacial score (nSPS) is 9.10. The fourth-order valence-electron chi connectivity index (χ4n) is 1.15. The van der Waals surface area contributed by atoms with Gasteiger partial charge >= 0.3 is 8.25 Å². The molecule has 0 aromatic heterocycles. The van der Waals surface area contributed by atoms with Crippen molar-refractivity contribution in [2.24, 2.45) is 0 Å². The second kappa shape index (κ2) is 9.99. The topological polar surface area (TPSA) is 35.5 Å². The van der Waals surface area contributed by atoms with E-state index in [4.69, 9.17) is 9.05 Å². The summed E-state index contributed by atoms with van der Waals surface area (Å²) < 4.78 is 21.7. The van der Waals surface area contributed by atoms with Crippen LogP contribution in [0.2, 0.25) is 0 Å². The highest BCUT2D eigenvalue weighted by Gasteiger charge is 2.23. The van der Waals surface area contributed by atoms with E-state index in [0.29, 0.717) is 11.5 Å². The Labute approximate surface area is 121 Å². The highest BCUT2D eigenvalue weighted by atomic mass is 31.1. The summed E-state index contributed by atoms with van der Waals surface area (Å²) >= 11 is 0. The van der Waals surface area contributed by atoms with Gasteiger partial charge in [0.25, 0.3) is 0 Å². The van der Waals surface area contributed by atoms with Gasteiger partial charge in [-0.3, -0.25) is 0 Å². The molecule has 0 spiro atoms. The first kappa shape index (κ1) is 16.2. The van der Waals surface area contributed by atoms with Crippen LogP contribution >= 0.6 is 8.25 Å². The van der Waals surface area contributed by atoms with E-state index in [1.165, 1.54) is 12.8 Å². The first-order valence-corrected chi connectivity index (χ1v) is 7.79. The summed E-state index contributed by atoms with van der Waals surface area (Å²) in [7, 11) is -2.18. The molecule has 0 amide bonds. The molecule has 2 aromatic rings. The first-order chi connectivity index (χ1) is 9.76. The van der Waals surface area contributed by atoms with Crippen LogP contribution in [0.3, 0.4) is 0 Å². The van der Waals surface area contributed by atoms with E-state index in [1.54, 1.807) is 48.5 Å². The molecule has 0 heterocycles. The third-order valence-corrected chi connectivity index (χ3v) is 3.07. The van der Waals surface area contributed by atoms with E-state index in [2.05, 4.69) is 13.8 Å². The van der Waals surface area contributed by atoms with Gasteiger partial charge in [-0.15, -0.1) is 0 Å². The second-order valence-corrected chi connectivity index (χ2v) is 4.84. The van der Waals surface area contributed by atoms with Gasteiger partial charge in [0.1, 0.15) is 0 Å². The lowest BCUT2D eigenvalue weighted by atomic mass is 10.3. The number of hydrogen-bond donors (Lipinski definition) is 0. The van der Waals surface area contributed by atoms with E-state index >= 15 is 0 Å². The summed E-state index contributed by atoms with van der Waals surface area (Å²) in [5, 5.41) is 0. The summed E-state index contributed by atoms with van der Waals surface area (Å²) in [5.41, 5.74) is 0. The fraction of sp³-hybridized carbons (Fsp3) is 0.250. The molecule has 0 atom stereocenters. The minimum atomic E-state index is -2.18. The standard InChI is InChI=1S/C12H10O3P.C4H10/c13-16(14-11-7-3-1-4-8-11)15-12-9-5-2-6-10-12;1-3-4-2/h1-10H;3-4H2,1-2H3/q+1;. The molecule has 2 aromatic carbocycles. The molecule has 0 aliphatic rings. The molecule has 0 aliphatic carbocycles. The summed E-state index contributed by atoms with van der Waals surface area (Å²) in [6.07, 6.45) is 2.64. The molecule has 2 rings (SSSR count). The molecule has 0 radical (unpaired) electrons. The van der Waals surface area contributed by atoms with Crippen molar-refractivity contribution in [1.29, 1.82) is 0 Å². The lowest BCUT2D eigenvalue weighted by Crippen LogP contribution is -1.87. The van der Waals surface area contributed by atoms with Gasteiger partial charge < -0.3 is 0 Å². The number of hydrogen-bond acceptors (Lipinski definition) is 3. The van der Waals surface area contributed by atoms with Crippen LogP contribution in [-0.4, -0.2) is 0 Å². The van der Waals surface area contributed by atoms with Crippen molar-refractivity contribution < 1.29 is 13.6 Å². The Morgan fingerprint density at radius 1 is 0.750 bits per heavy atom. The zero-order chi connectivity index (χ0) is 14.6. The quantitative estimate of drug-likeness (QED) is 0.672. The number of para-hydroxylation sites is 2. The monoisotopic (exact) mass is 291 g/mol. The van der Waals surface area contributed by atoms with Gasteiger partial charge in [0.2, 0.25) is 0 Å². The van der Waals surface area contributed by atoms with Crippen molar-refractivity contribution in [1.82, 2.24) is 0 Å². The Balaban J connectivity index is 0.000000444. The molecule has 3 nitrogen and oxygen atoms in total. The molecule has 0 bridgehead atoms. The third kappa shape index (κ3) is 6.91. The molecule has 4 heteroatoms. The first-order valence-electron chi connectivity index (χ1n) is 6.69.